The Kier molecular flexibility index (Phi) is 7.26. The summed E-state index contributed by atoms with van der Waals surface area (Å²) in [7, 11) is 0. The summed E-state index contributed by atoms with van der Waals surface area (Å²) in [4.78, 5) is 16.8. The second kappa shape index (κ2) is 10.7. The molecule has 2 bridgehead atoms. The lowest BCUT2D eigenvalue weighted by Crippen LogP contribution is -2.23. The highest BCUT2D eigenvalue weighted by molar-refractivity contribution is 5.94. The molecular formula is C25H27N3O3. The van der Waals surface area contributed by atoms with Gasteiger partial charge in [-0.1, -0.05) is 30.3 Å². The van der Waals surface area contributed by atoms with E-state index in [2.05, 4.69) is 39.9 Å². The van der Waals surface area contributed by atoms with E-state index in [0.717, 1.165) is 30.0 Å². The highest BCUT2D eigenvalue weighted by Crippen LogP contribution is 2.24. The number of nitrogens with zero attached hydrogens (tertiary/aromatic N) is 1. The minimum atomic E-state index is -0.118. The first-order chi connectivity index (χ1) is 15.3. The maximum atomic E-state index is 12.7. The van der Waals surface area contributed by atoms with Crippen LogP contribution in [0.2, 0.25) is 0 Å². The molecule has 3 aromatic rings. The smallest absolute Gasteiger partial charge is 0.251 e. The van der Waals surface area contributed by atoms with E-state index in [4.69, 9.17) is 9.47 Å². The molecule has 31 heavy (non-hydrogen) atoms. The molecule has 0 spiro atoms. The third-order valence-electron chi connectivity index (χ3n) is 5.12. The summed E-state index contributed by atoms with van der Waals surface area (Å²) in [6.45, 7) is 3.69. The molecule has 0 saturated carbocycles. The molecule has 160 valence electrons. The van der Waals surface area contributed by atoms with E-state index < -0.39 is 0 Å². The van der Waals surface area contributed by atoms with Crippen molar-refractivity contribution in [3.63, 3.8) is 0 Å². The van der Waals surface area contributed by atoms with E-state index in [-0.39, 0.29) is 5.91 Å². The van der Waals surface area contributed by atoms with Crippen molar-refractivity contribution < 1.29 is 14.3 Å². The summed E-state index contributed by atoms with van der Waals surface area (Å²) >= 11 is 0. The third kappa shape index (κ3) is 6.13. The first-order valence-electron chi connectivity index (χ1n) is 10.6. The zero-order valence-electron chi connectivity index (χ0n) is 17.5. The molecule has 6 nitrogen and oxygen atoms in total. The topological polar surface area (TPSA) is 72.5 Å². The SMILES string of the molecule is O=C(NCc1cccnc1)c1ccc2c(c1)Cc1cccc(c1)CNCCOCCO2. The minimum Gasteiger partial charge on any atom is -0.491 e. The van der Waals surface area contributed by atoms with Crippen LogP contribution in [0.15, 0.2) is 67.0 Å². The van der Waals surface area contributed by atoms with Crippen molar-refractivity contribution in [3.05, 3.63) is 94.8 Å². The standard InChI is InChI=1S/C25H27N3O3/c29-25(28-18-21-5-2-8-26-17-21)22-6-7-24-23(15-22)14-19-3-1-4-20(13-19)16-27-9-10-30-11-12-31-24/h1-8,13,15,17,27H,9-12,14,16,18H2,(H,28,29). The highest BCUT2D eigenvalue weighted by atomic mass is 16.5. The van der Waals surface area contributed by atoms with Gasteiger partial charge in [0.1, 0.15) is 12.4 Å². The van der Waals surface area contributed by atoms with E-state index in [0.29, 0.717) is 38.3 Å². The first-order valence-corrected chi connectivity index (χ1v) is 10.6. The van der Waals surface area contributed by atoms with Crippen LogP contribution in [0.1, 0.15) is 32.6 Å². The predicted octanol–water partition coefficient (Wildman–Crippen LogP) is 3.10. The number of carbonyl (C=O) groups excluding carboxylic acids is 1. The van der Waals surface area contributed by atoms with Crippen LogP contribution in [0.25, 0.3) is 0 Å². The molecule has 0 radical (unpaired) electrons. The average Bonchev–Trinajstić information content (AvgIpc) is 2.80. The quantitative estimate of drug-likeness (QED) is 0.685. The Morgan fingerprint density at radius 1 is 1.03 bits per heavy atom. The van der Waals surface area contributed by atoms with Gasteiger partial charge in [-0.3, -0.25) is 9.78 Å². The number of carbonyl (C=O) groups is 1. The zero-order chi connectivity index (χ0) is 21.3. The van der Waals surface area contributed by atoms with Gasteiger partial charge in [0.05, 0.1) is 13.2 Å². The third-order valence-corrected chi connectivity index (χ3v) is 5.12. The molecule has 0 saturated heterocycles. The number of pyridine rings is 1. The number of hydrogen-bond acceptors (Lipinski definition) is 5. The van der Waals surface area contributed by atoms with E-state index in [1.807, 2.05) is 30.3 Å². The molecule has 2 N–H and O–H groups in total. The van der Waals surface area contributed by atoms with Crippen molar-refractivity contribution in [2.24, 2.45) is 0 Å². The van der Waals surface area contributed by atoms with Crippen molar-refractivity contribution in [2.45, 2.75) is 19.5 Å². The molecule has 1 amide bonds. The Balaban J connectivity index is 1.54. The van der Waals surface area contributed by atoms with E-state index >= 15 is 0 Å². The summed E-state index contributed by atoms with van der Waals surface area (Å²) in [6.07, 6.45) is 4.16. The van der Waals surface area contributed by atoms with Crippen molar-refractivity contribution in [1.29, 1.82) is 0 Å². The lowest BCUT2D eigenvalue weighted by Gasteiger charge is -2.15. The summed E-state index contributed by atoms with van der Waals surface area (Å²) in [6, 6.07) is 17.9. The molecule has 2 aromatic carbocycles. The van der Waals surface area contributed by atoms with Crippen molar-refractivity contribution >= 4 is 5.91 Å². The molecule has 1 aromatic heterocycles. The number of benzene rings is 2. The Bertz CT molecular complexity index is 1010. The van der Waals surface area contributed by atoms with Crippen LogP contribution in [0.5, 0.6) is 5.75 Å². The second-order valence-corrected chi connectivity index (χ2v) is 7.50. The molecule has 2 heterocycles. The fourth-order valence-electron chi connectivity index (χ4n) is 3.55. The van der Waals surface area contributed by atoms with Crippen LogP contribution in [-0.2, 0) is 24.2 Å². The van der Waals surface area contributed by atoms with Gasteiger partial charge >= 0.3 is 0 Å². The molecule has 6 heteroatoms. The van der Waals surface area contributed by atoms with Gasteiger partial charge in [-0.2, -0.15) is 0 Å². The first kappa shape index (κ1) is 21.0. The average molecular weight is 418 g/mol. The van der Waals surface area contributed by atoms with Crippen molar-refractivity contribution in [3.8, 4) is 5.75 Å². The Labute approximate surface area is 182 Å². The largest absolute Gasteiger partial charge is 0.491 e. The van der Waals surface area contributed by atoms with Crippen LogP contribution in [0.4, 0.5) is 0 Å². The molecular weight excluding hydrogens is 390 g/mol. The van der Waals surface area contributed by atoms with Gasteiger partial charge < -0.3 is 20.1 Å². The van der Waals surface area contributed by atoms with Crippen molar-refractivity contribution in [1.82, 2.24) is 15.6 Å². The fourth-order valence-corrected chi connectivity index (χ4v) is 3.55. The minimum absolute atomic E-state index is 0.118. The van der Waals surface area contributed by atoms with E-state index in [1.54, 1.807) is 12.4 Å². The maximum Gasteiger partial charge on any atom is 0.251 e. The predicted molar refractivity (Wildman–Crippen MR) is 119 cm³/mol. The number of amides is 1. The number of nitrogens with one attached hydrogen (secondary N) is 2. The van der Waals surface area contributed by atoms with Gasteiger partial charge in [-0.25, -0.2) is 0 Å². The normalized spacial score (nSPS) is 14.6. The monoisotopic (exact) mass is 417 g/mol. The Morgan fingerprint density at radius 2 is 1.97 bits per heavy atom. The van der Waals surface area contributed by atoms with Crippen LogP contribution in [-0.4, -0.2) is 37.3 Å². The maximum absolute atomic E-state index is 12.7. The molecule has 0 aliphatic carbocycles. The van der Waals surface area contributed by atoms with Gasteiger partial charge in [-0.15, -0.1) is 0 Å². The molecule has 0 unspecified atom stereocenters. The van der Waals surface area contributed by atoms with Crippen LogP contribution in [0.3, 0.4) is 0 Å². The van der Waals surface area contributed by atoms with Gasteiger partial charge in [0.25, 0.3) is 5.91 Å². The Hall–Kier alpha value is -3.22. The van der Waals surface area contributed by atoms with Crippen molar-refractivity contribution in [2.75, 3.05) is 26.4 Å². The summed E-state index contributed by atoms with van der Waals surface area (Å²) in [5.74, 6) is 0.667. The summed E-state index contributed by atoms with van der Waals surface area (Å²) in [5, 5.41) is 6.36. The van der Waals surface area contributed by atoms with Gasteiger partial charge in [0.15, 0.2) is 0 Å². The highest BCUT2D eigenvalue weighted by Gasteiger charge is 2.12. The van der Waals surface area contributed by atoms with E-state index in [9.17, 15) is 4.79 Å². The summed E-state index contributed by atoms with van der Waals surface area (Å²) in [5.41, 5.74) is 4.97. The Morgan fingerprint density at radius 3 is 2.87 bits per heavy atom. The molecule has 1 aliphatic heterocycles. The van der Waals surface area contributed by atoms with Crippen LogP contribution < -0.4 is 15.4 Å². The zero-order valence-corrected chi connectivity index (χ0v) is 17.5. The molecule has 4 rings (SSSR count). The van der Waals surface area contributed by atoms with Crippen LogP contribution >= 0.6 is 0 Å². The lowest BCUT2D eigenvalue weighted by molar-refractivity contribution is 0.0949. The lowest BCUT2D eigenvalue weighted by atomic mass is 9.99. The number of fused-ring (bicyclic) bond motifs is 3. The van der Waals surface area contributed by atoms with Gasteiger partial charge in [-0.05, 0) is 46.5 Å². The fraction of sp³-hybridized carbons (Fsp3) is 0.280. The number of rotatable bonds is 3. The molecule has 0 fully saturated rings. The second-order valence-electron chi connectivity index (χ2n) is 7.50. The number of aromatic nitrogens is 1. The van der Waals surface area contributed by atoms with E-state index in [1.165, 1.54) is 11.1 Å². The number of ether oxygens (including phenoxy) is 2. The van der Waals surface area contributed by atoms with Crippen LogP contribution in [0, 0.1) is 0 Å². The summed E-state index contributed by atoms with van der Waals surface area (Å²) < 4.78 is 11.6. The van der Waals surface area contributed by atoms with Gasteiger partial charge in [0, 0.05) is 44.0 Å². The van der Waals surface area contributed by atoms with Gasteiger partial charge in [0.2, 0.25) is 0 Å². The number of hydrogen-bond donors (Lipinski definition) is 2. The molecule has 1 aliphatic rings. The molecule has 0 atom stereocenters.